The lowest BCUT2D eigenvalue weighted by Gasteiger charge is -2.36. The maximum Gasteiger partial charge on any atom is 0.227 e. The summed E-state index contributed by atoms with van der Waals surface area (Å²) in [6.07, 6.45) is 2.22. The van der Waals surface area contributed by atoms with Gasteiger partial charge in [-0.15, -0.1) is 0 Å². The summed E-state index contributed by atoms with van der Waals surface area (Å²) in [5.74, 6) is 1.40. The van der Waals surface area contributed by atoms with Crippen LogP contribution in [0.3, 0.4) is 0 Å². The summed E-state index contributed by atoms with van der Waals surface area (Å²) in [5.41, 5.74) is 5.82. The van der Waals surface area contributed by atoms with E-state index in [4.69, 9.17) is 4.74 Å². The molecule has 4 heteroatoms. The van der Waals surface area contributed by atoms with E-state index in [2.05, 4.69) is 73.6 Å². The Morgan fingerprint density at radius 1 is 1.00 bits per heavy atom. The number of carbonyl (C=O) groups is 1. The normalized spacial score (nSPS) is 15.5. The molecular weight excluding hydrogens is 396 g/mol. The quantitative estimate of drug-likeness (QED) is 0.527. The van der Waals surface area contributed by atoms with Crippen molar-refractivity contribution in [3.8, 4) is 16.9 Å². The van der Waals surface area contributed by atoms with Gasteiger partial charge in [0.2, 0.25) is 5.91 Å². The molecule has 1 aliphatic heterocycles. The fourth-order valence-corrected chi connectivity index (χ4v) is 4.58. The van der Waals surface area contributed by atoms with Crippen molar-refractivity contribution < 1.29 is 9.53 Å². The lowest BCUT2D eigenvalue weighted by molar-refractivity contribution is -0.118. The predicted molar refractivity (Wildman–Crippen MR) is 131 cm³/mol. The number of carbonyl (C=O) groups excluding carboxylic acids is 1. The summed E-state index contributed by atoms with van der Waals surface area (Å²) in [7, 11) is 5.86. The van der Waals surface area contributed by atoms with Crippen LogP contribution >= 0.6 is 0 Å². The Morgan fingerprint density at radius 3 is 2.41 bits per heavy atom. The highest BCUT2D eigenvalue weighted by atomic mass is 16.5. The van der Waals surface area contributed by atoms with Crippen LogP contribution in [0.1, 0.15) is 17.5 Å². The van der Waals surface area contributed by atoms with Crippen LogP contribution in [-0.4, -0.2) is 45.1 Å². The zero-order valence-electron chi connectivity index (χ0n) is 19.3. The Morgan fingerprint density at radius 2 is 1.72 bits per heavy atom. The zero-order chi connectivity index (χ0) is 22.5. The third kappa shape index (κ3) is 5.20. The highest BCUT2D eigenvalue weighted by Crippen LogP contribution is 2.34. The number of aryl methyl sites for hydroxylation is 1. The Bertz CT molecular complexity index is 1040. The number of hydrogen-bond acceptors (Lipinski definition) is 3. The molecule has 1 unspecified atom stereocenters. The molecule has 1 heterocycles. The van der Waals surface area contributed by atoms with Crippen LogP contribution in [0.2, 0.25) is 0 Å². The second-order valence-corrected chi connectivity index (χ2v) is 8.89. The second kappa shape index (κ2) is 10.0. The van der Waals surface area contributed by atoms with Crippen molar-refractivity contribution in [2.45, 2.75) is 19.3 Å². The van der Waals surface area contributed by atoms with Crippen LogP contribution in [0.15, 0.2) is 72.8 Å². The number of hydrogen-bond donors (Lipinski definition) is 0. The zero-order valence-corrected chi connectivity index (χ0v) is 19.3. The van der Waals surface area contributed by atoms with E-state index in [9.17, 15) is 4.79 Å². The Kier molecular flexibility index (Phi) is 6.91. The lowest BCUT2D eigenvalue weighted by atomic mass is 9.91. The second-order valence-electron chi connectivity index (χ2n) is 8.89. The molecule has 166 valence electrons. The summed E-state index contributed by atoms with van der Waals surface area (Å²) >= 11 is 0. The van der Waals surface area contributed by atoms with Crippen LogP contribution in [0.4, 0.5) is 5.69 Å². The highest BCUT2D eigenvalue weighted by molar-refractivity contribution is 5.95. The minimum absolute atomic E-state index is 0.176. The van der Waals surface area contributed by atoms with Crippen LogP contribution in [0, 0.1) is 5.92 Å². The van der Waals surface area contributed by atoms with Gasteiger partial charge in [-0.2, -0.15) is 0 Å². The average molecular weight is 429 g/mol. The van der Waals surface area contributed by atoms with Gasteiger partial charge >= 0.3 is 0 Å². The van der Waals surface area contributed by atoms with Gasteiger partial charge in [-0.05, 0) is 61.2 Å². The van der Waals surface area contributed by atoms with E-state index in [0.29, 0.717) is 12.3 Å². The lowest BCUT2D eigenvalue weighted by Crippen LogP contribution is -2.43. The Labute approximate surface area is 191 Å². The first-order valence-corrected chi connectivity index (χ1v) is 11.3. The van der Waals surface area contributed by atoms with E-state index in [1.807, 2.05) is 23.1 Å². The van der Waals surface area contributed by atoms with Gasteiger partial charge in [-0.25, -0.2) is 0 Å². The molecule has 0 bridgehead atoms. The summed E-state index contributed by atoms with van der Waals surface area (Å²) < 4.78 is 5.43. The number of fused-ring (bicyclic) bond motifs is 1. The molecule has 0 saturated carbocycles. The van der Waals surface area contributed by atoms with Crippen molar-refractivity contribution >= 4 is 11.6 Å². The van der Waals surface area contributed by atoms with Crippen molar-refractivity contribution in [1.82, 2.24) is 4.90 Å². The van der Waals surface area contributed by atoms with Crippen molar-refractivity contribution in [3.63, 3.8) is 0 Å². The van der Waals surface area contributed by atoms with Gasteiger partial charge in [-0.1, -0.05) is 60.7 Å². The SMILES string of the molecule is COc1ccc2c(c1)N(C(=O)CCc1ccc(-c3ccccc3)cc1)CC(CN(C)C)C2. The monoisotopic (exact) mass is 428 g/mol. The maximum atomic E-state index is 13.3. The molecule has 0 N–H and O–H groups in total. The first-order valence-electron chi connectivity index (χ1n) is 11.3. The van der Waals surface area contributed by atoms with Crippen molar-refractivity contribution in [1.29, 1.82) is 0 Å². The molecule has 0 aromatic heterocycles. The van der Waals surface area contributed by atoms with Crippen LogP contribution in [0.5, 0.6) is 5.75 Å². The number of nitrogens with zero attached hydrogens (tertiary/aromatic N) is 2. The molecule has 0 saturated heterocycles. The van der Waals surface area contributed by atoms with E-state index in [-0.39, 0.29) is 5.91 Å². The smallest absolute Gasteiger partial charge is 0.227 e. The number of rotatable bonds is 7. The third-order valence-electron chi connectivity index (χ3n) is 6.15. The molecule has 0 aliphatic carbocycles. The molecule has 4 rings (SSSR count). The molecule has 4 nitrogen and oxygen atoms in total. The van der Waals surface area contributed by atoms with Gasteiger partial charge < -0.3 is 14.5 Å². The molecule has 0 spiro atoms. The summed E-state index contributed by atoms with van der Waals surface area (Å²) in [5, 5.41) is 0. The maximum absolute atomic E-state index is 13.3. The number of ether oxygens (including phenoxy) is 1. The fourth-order valence-electron chi connectivity index (χ4n) is 4.58. The molecule has 3 aromatic carbocycles. The first-order chi connectivity index (χ1) is 15.5. The van der Waals surface area contributed by atoms with Gasteiger partial charge in [0.05, 0.1) is 12.8 Å². The molecule has 0 radical (unpaired) electrons. The van der Waals surface area contributed by atoms with E-state index < -0.39 is 0 Å². The Hall–Kier alpha value is -3.11. The largest absolute Gasteiger partial charge is 0.497 e. The van der Waals surface area contributed by atoms with Crippen molar-refractivity contribution in [2.24, 2.45) is 5.92 Å². The van der Waals surface area contributed by atoms with Crippen molar-refractivity contribution in [2.75, 3.05) is 39.2 Å². The van der Waals surface area contributed by atoms with Gasteiger partial charge in [0.15, 0.2) is 0 Å². The van der Waals surface area contributed by atoms with E-state index in [1.54, 1.807) is 7.11 Å². The van der Waals surface area contributed by atoms with E-state index in [0.717, 1.165) is 37.4 Å². The molecule has 1 aliphatic rings. The highest BCUT2D eigenvalue weighted by Gasteiger charge is 2.29. The van der Waals surface area contributed by atoms with Crippen LogP contribution in [-0.2, 0) is 17.6 Å². The molecule has 32 heavy (non-hydrogen) atoms. The summed E-state index contributed by atoms with van der Waals surface area (Å²) in [6, 6.07) is 25.0. The predicted octanol–water partition coefficient (Wildman–Crippen LogP) is 5.06. The third-order valence-corrected chi connectivity index (χ3v) is 6.15. The first kappa shape index (κ1) is 22.1. The van der Waals surface area contributed by atoms with Gasteiger partial charge in [-0.3, -0.25) is 4.79 Å². The van der Waals surface area contributed by atoms with Gasteiger partial charge in [0.1, 0.15) is 5.75 Å². The minimum atomic E-state index is 0.176. The molecule has 0 fully saturated rings. The number of anilines is 1. The molecule has 1 atom stereocenters. The minimum Gasteiger partial charge on any atom is -0.497 e. The number of benzene rings is 3. The fraction of sp³-hybridized carbons (Fsp3) is 0.321. The van der Waals surface area contributed by atoms with Crippen LogP contribution in [0.25, 0.3) is 11.1 Å². The van der Waals surface area contributed by atoms with Crippen LogP contribution < -0.4 is 9.64 Å². The Balaban J connectivity index is 1.47. The molecular formula is C28H32N2O2. The van der Waals surface area contributed by atoms with Gasteiger partial charge in [0, 0.05) is 25.6 Å². The van der Waals surface area contributed by atoms with E-state index >= 15 is 0 Å². The molecule has 1 amide bonds. The van der Waals surface area contributed by atoms with E-state index in [1.165, 1.54) is 22.3 Å². The number of amides is 1. The summed E-state index contributed by atoms with van der Waals surface area (Å²) in [6.45, 7) is 1.72. The van der Waals surface area contributed by atoms with Gasteiger partial charge in [0.25, 0.3) is 0 Å². The molecule has 3 aromatic rings. The van der Waals surface area contributed by atoms with Crippen molar-refractivity contribution in [3.05, 3.63) is 83.9 Å². The topological polar surface area (TPSA) is 32.8 Å². The summed E-state index contributed by atoms with van der Waals surface area (Å²) in [4.78, 5) is 17.5. The number of methoxy groups -OCH3 is 1. The standard InChI is InChI=1S/C28H32N2O2/c1-29(2)19-22-17-25-14-15-26(32-3)18-27(25)30(20-22)28(31)16-11-21-9-12-24(13-10-21)23-7-5-4-6-8-23/h4-10,12-15,18,22H,11,16-17,19-20H2,1-3H3. The average Bonchev–Trinajstić information content (AvgIpc) is 2.82.